The first-order valence-corrected chi connectivity index (χ1v) is 23.5. The summed E-state index contributed by atoms with van der Waals surface area (Å²) in [5.41, 5.74) is 17.9. The number of hydrogen-bond donors (Lipinski definition) is 0. The highest BCUT2D eigenvalue weighted by molar-refractivity contribution is 7.21. The molecule has 68 heavy (non-hydrogen) atoms. The number of aromatic nitrogens is 2. The molecule has 5 nitrogen and oxygen atoms in total. The fourth-order valence-electron chi connectivity index (χ4n) is 9.02. The summed E-state index contributed by atoms with van der Waals surface area (Å²) >= 11 is 1.72. The van der Waals surface area contributed by atoms with Gasteiger partial charge < -0.3 is 14.2 Å². The Bertz CT molecular complexity index is 3350. The Kier molecular flexibility index (Phi) is 10.7. The summed E-state index contributed by atoms with van der Waals surface area (Å²) in [6.07, 6.45) is 0. The van der Waals surface area contributed by atoms with E-state index in [4.69, 9.17) is 14.4 Å². The van der Waals surface area contributed by atoms with Crippen LogP contribution in [0.15, 0.2) is 259 Å². The van der Waals surface area contributed by atoms with Gasteiger partial charge in [0.1, 0.15) is 10.5 Å². The minimum absolute atomic E-state index is 0.603. The zero-order valence-electron chi connectivity index (χ0n) is 36.9. The zero-order valence-corrected chi connectivity index (χ0v) is 37.7. The van der Waals surface area contributed by atoms with Gasteiger partial charge >= 0.3 is 0 Å². The van der Waals surface area contributed by atoms with Crippen molar-refractivity contribution in [2.45, 2.75) is 0 Å². The second kappa shape index (κ2) is 17.9. The van der Waals surface area contributed by atoms with Crippen molar-refractivity contribution in [1.82, 2.24) is 9.97 Å². The Hall–Kier alpha value is -8.84. The molecule has 0 aliphatic heterocycles. The number of anilines is 6. The molecular weight excluding hydrogens is 849 g/mol. The van der Waals surface area contributed by atoms with Crippen LogP contribution in [-0.2, 0) is 0 Å². The maximum absolute atomic E-state index is 6.14. The number of fused-ring (bicyclic) bond motifs is 2. The topological polar surface area (TPSA) is 45.4 Å². The van der Waals surface area contributed by atoms with E-state index >= 15 is 0 Å². The molecule has 0 aliphatic rings. The second-order valence-electron chi connectivity index (χ2n) is 16.6. The van der Waals surface area contributed by atoms with E-state index in [9.17, 15) is 0 Å². The number of nitrogens with zero attached hydrogens (tertiary/aromatic N) is 4. The van der Waals surface area contributed by atoms with Gasteiger partial charge in [-0.2, -0.15) is 0 Å². The van der Waals surface area contributed by atoms with Gasteiger partial charge in [0.15, 0.2) is 5.58 Å². The Balaban J connectivity index is 0.895. The van der Waals surface area contributed by atoms with Gasteiger partial charge in [-0.3, -0.25) is 0 Å². The lowest BCUT2D eigenvalue weighted by molar-refractivity contribution is 0.620. The third-order valence-electron chi connectivity index (χ3n) is 12.4. The SMILES string of the molecule is c1ccc(-c2ccccc2N(c2ccc(-c3ccc(N(c4ccc(-c5nc6ccccc6s5)cc4)c4ccccc4-c4ccccc4)cc3)cc2)c2ccc(-c3nc4ccccc4o3)cc2)cc1. The van der Waals surface area contributed by atoms with Crippen molar-refractivity contribution in [3.63, 3.8) is 0 Å². The van der Waals surface area contributed by atoms with Crippen molar-refractivity contribution < 1.29 is 4.42 Å². The summed E-state index contributed by atoms with van der Waals surface area (Å²) in [6, 6.07) is 89.7. The molecule has 12 rings (SSSR count). The molecule has 0 fully saturated rings. The van der Waals surface area contributed by atoms with Crippen molar-refractivity contribution in [3.05, 3.63) is 255 Å². The molecule has 0 N–H and O–H groups in total. The van der Waals surface area contributed by atoms with Crippen LogP contribution in [0.4, 0.5) is 34.1 Å². The van der Waals surface area contributed by atoms with Crippen molar-refractivity contribution in [1.29, 1.82) is 0 Å². The highest BCUT2D eigenvalue weighted by atomic mass is 32.1. The summed E-state index contributed by atoms with van der Waals surface area (Å²) in [5.74, 6) is 0.603. The van der Waals surface area contributed by atoms with E-state index in [0.717, 1.165) is 100 Å². The van der Waals surface area contributed by atoms with Crippen molar-refractivity contribution in [2.24, 2.45) is 0 Å². The molecule has 10 aromatic carbocycles. The van der Waals surface area contributed by atoms with Gasteiger partial charge in [-0.1, -0.05) is 146 Å². The van der Waals surface area contributed by atoms with Crippen LogP contribution >= 0.6 is 11.3 Å². The largest absolute Gasteiger partial charge is 0.436 e. The van der Waals surface area contributed by atoms with Crippen LogP contribution in [0, 0.1) is 0 Å². The Morgan fingerprint density at radius 1 is 0.309 bits per heavy atom. The monoisotopic (exact) mass is 890 g/mol. The van der Waals surface area contributed by atoms with E-state index in [0.29, 0.717) is 5.89 Å². The molecule has 12 aromatic rings. The molecule has 2 aromatic heterocycles. The number of para-hydroxylation sites is 5. The second-order valence-corrected chi connectivity index (χ2v) is 17.6. The standard InChI is InChI=1S/C62H42N4OS/c1-3-15-45(16-4-1)53-19-7-11-23-57(53)65(51-39-31-47(32-40-51)61-63-55-21-9-13-25-59(55)67-61)49-35-27-43(28-36-49)44-29-37-50(38-30-44)66(58-24-12-8-20-54(58)46-17-5-2-6-18-46)52-41-33-48(34-42-52)62-64-56-22-10-14-26-60(56)68-62/h1-42H. The predicted octanol–water partition coefficient (Wildman–Crippen LogP) is 17.7. The molecule has 6 heteroatoms. The summed E-state index contributed by atoms with van der Waals surface area (Å²) in [6.45, 7) is 0. The normalized spacial score (nSPS) is 11.2. The first kappa shape index (κ1) is 40.7. The third kappa shape index (κ3) is 7.89. The van der Waals surface area contributed by atoms with Gasteiger partial charge in [-0.05, 0) is 131 Å². The van der Waals surface area contributed by atoms with E-state index in [2.05, 4.69) is 234 Å². The van der Waals surface area contributed by atoms with E-state index < -0.39 is 0 Å². The summed E-state index contributed by atoms with van der Waals surface area (Å²) in [7, 11) is 0. The molecule has 0 saturated carbocycles. The molecule has 322 valence electrons. The number of rotatable bonds is 11. The average Bonchev–Trinajstić information content (AvgIpc) is 4.06. The Morgan fingerprint density at radius 3 is 1.22 bits per heavy atom. The van der Waals surface area contributed by atoms with Crippen molar-refractivity contribution >= 4 is 66.8 Å². The number of thiazole rings is 1. The Labute approximate surface area is 399 Å². The van der Waals surface area contributed by atoms with Crippen LogP contribution in [0.2, 0.25) is 0 Å². The lowest BCUT2D eigenvalue weighted by Crippen LogP contribution is -2.11. The molecule has 0 radical (unpaired) electrons. The van der Waals surface area contributed by atoms with Gasteiger partial charge in [0.25, 0.3) is 0 Å². The maximum Gasteiger partial charge on any atom is 0.227 e. The molecule has 0 unspecified atom stereocenters. The lowest BCUT2D eigenvalue weighted by Gasteiger charge is -2.28. The van der Waals surface area contributed by atoms with E-state index in [-0.39, 0.29) is 0 Å². The molecule has 2 heterocycles. The molecule has 0 atom stereocenters. The molecule has 0 aliphatic carbocycles. The molecule has 0 bridgehead atoms. The van der Waals surface area contributed by atoms with Crippen LogP contribution in [0.3, 0.4) is 0 Å². The minimum atomic E-state index is 0.603. The molecule has 0 amide bonds. The first-order valence-electron chi connectivity index (χ1n) is 22.7. The van der Waals surface area contributed by atoms with Crippen LogP contribution < -0.4 is 9.80 Å². The van der Waals surface area contributed by atoms with E-state index in [1.807, 2.05) is 30.3 Å². The highest BCUT2D eigenvalue weighted by Crippen LogP contribution is 2.44. The van der Waals surface area contributed by atoms with E-state index in [1.165, 1.54) is 4.70 Å². The van der Waals surface area contributed by atoms with Gasteiger partial charge in [-0.15, -0.1) is 11.3 Å². The number of hydrogen-bond acceptors (Lipinski definition) is 6. The highest BCUT2D eigenvalue weighted by Gasteiger charge is 2.20. The molecule has 0 spiro atoms. The average molecular weight is 891 g/mol. The minimum Gasteiger partial charge on any atom is -0.436 e. The maximum atomic E-state index is 6.14. The Morgan fingerprint density at radius 2 is 0.721 bits per heavy atom. The summed E-state index contributed by atoms with van der Waals surface area (Å²) < 4.78 is 7.33. The van der Waals surface area contributed by atoms with Crippen LogP contribution in [0.25, 0.3) is 76.7 Å². The van der Waals surface area contributed by atoms with Crippen molar-refractivity contribution in [3.8, 4) is 55.4 Å². The van der Waals surface area contributed by atoms with Gasteiger partial charge in [0.05, 0.1) is 21.6 Å². The van der Waals surface area contributed by atoms with Crippen LogP contribution in [0.5, 0.6) is 0 Å². The predicted molar refractivity (Wildman–Crippen MR) is 284 cm³/mol. The van der Waals surface area contributed by atoms with Gasteiger partial charge in [0, 0.05) is 45.0 Å². The lowest BCUT2D eigenvalue weighted by atomic mass is 10.00. The fourth-order valence-corrected chi connectivity index (χ4v) is 9.99. The van der Waals surface area contributed by atoms with Crippen LogP contribution in [0.1, 0.15) is 0 Å². The van der Waals surface area contributed by atoms with Crippen molar-refractivity contribution in [2.75, 3.05) is 9.80 Å². The van der Waals surface area contributed by atoms with Gasteiger partial charge in [-0.25, -0.2) is 9.97 Å². The molecule has 0 saturated heterocycles. The fraction of sp³-hybridized carbons (Fsp3) is 0. The molecular formula is C62H42N4OS. The smallest absolute Gasteiger partial charge is 0.227 e. The quantitative estimate of drug-likeness (QED) is 0.129. The summed E-state index contributed by atoms with van der Waals surface area (Å²) in [4.78, 5) is 14.4. The zero-order chi connectivity index (χ0) is 45.2. The van der Waals surface area contributed by atoms with E-state index in [1.54, 1.807) is 11.3 Å². The van der Waals surface area contributed by atoms with Crippen LogP contribution in [-0.4, -0.2) is 9.97 Å². The summed E-state index contributed by atoms with van der Waals surface area (Å²) in [5, 5.41) is 1.02. The first-order chi connectivity index (χ1) is 33.7. The van der Waals surface area contributed by atoms with Gasteiger partial charge in [0.2, 0.25) is 5.89 Å². The number of oxazole rings is 1. The third-order valence-corrected chi connectivity index (χ3v) is 13.5. The number of benzene rings is 10.